The number of hydrogen-bond acceptors (Lipinski definition) is 4. The lowest BCUT2D eigenvalue weighted by Gasteiger charge is -1.96. The van der Waals surface area contributed by atoms with Crippen LogP contribution in [0.1, 0.15) is 21.8 Å². The van der Waals surface area contributed by atoms with E-state index in [0.717, 1.165) is 5.39 Å². The van der Waals surface area contributed by atoms with Crippen molar-refractivity contribution in [3.05, 3.63) is 47.5 Å². The number of aromatic nitrogens is 2. The van der Waals surface area contributed by atoms with E-state index in [4.69, 9.17) is 9.15 Å². The highest BCUT2D eigenvalue weighted by Crippen LogP contribution is 2.25. The quantitative estimate of drug-likeness (QED) is 0.687. The highest BCUT2D eigenvalue weighted by Gasteiger charge is 2.19. The Labute approximate surface area is 115 Å². The van der Waals surface area contributed by atoms with Gasteiger partial charge in [-0.25, -0.2) is 0 Å². The van der Waals surface area contributed by atoms with Gasteiger partial charge in [0, 0.05) is 24.7 Å². The lowest BCUT2D eigenvalue weighted by atomic mass is 10.1. The second kappa shape index (κ2) is 4.52. The van der Waals surface area contributed by atoms with Gasteiger partial charge in [0.15, 0.2) is 5.76 Å². The molecule has 0 saturated carbocycles. The van der Waals surface area contributed by atoms with Crippen molar-refractivity contribution in [1.82, 2.24) is 9.78 Å². The van der Waals surface area contributed by atoms with E-state index < -0.39 is 0 Å². The van der Waals surface area contributed by atoms with E-state index >= 15 is 0 Å². The molecule has 3 rings (SSSR count). The summed E-state index contributed by atoms with van der Waals surface area (Å²) in [5.74, 6) is 0.846. The lowest BCUT2D eigenvalue weighted by Crippen LogP contribution is -1.99. The number of methoxy groups -OCH3 is 1. The molecule has 0 aliphatic heterocycles. The first-order valence-corrected chi connectivity index (χ1v) is 6.21. The number of rotatable bonds is 3. The van der Waals surface area contributed by atoms with Gasteiger partial charge in [0.1, 0.15) is 11.3 Å². The number of furan rings is 1. The molecule has 0 fully saturated rings. The summed E-state index contributed by atoms with van der Waals surface area (Å²) in [5, 5.41) is 5.04. The maximum absolute atomic E-state index is 12.4. The summed E-state index contributed by atoms with van der Waals surface area (Å²) in [6.07, 6.45) is 1.70. The van der Waals surface area contributed by atoms with Crippen molar-refractivity contribution >= 4 is 16.8 Å². The van der Waals surface area contributed by atoms with E-state index in [1.807, 2.05) is 12.1 Å². The minimum atomic E-state index is -0.161. The molecule has 0 N–H and O–H groups in total. The highest BCUT2D eigenvalue weighted by atomic mass is 16.5. The number of carbonyl (C=O) groups is 1. The van der Waals surface area contributed by atoms with E-state index in [1.54, 1.807) is 44.1 Å². The van der Waals surface area contributed by atoms with Crippen LogP contribution in [0.2, 0.25) is 0 Å². The van der Waals surface area contributed by atoms with Gasteiger partial charge < -0.3 is 9.15 Å². The van der Waals surface area contributed by atoms with Gasteiger partial charge >= 0.3 is 0 Å². The Morgan fingerprint density at radius 2 is 2.15 bits per heavy atom. The fraction of sp³-hybridized carbons (Fsp3) is 0.200. The maximum Gasteiger partial charge on any atom is 0.231 e. The van der Waals surface area contributed by atoms with Crippen LogP contribution >= 0.6 is 0 Å². The van der Waals surface area contributed by atoms with Gasteiger partial charge in [-0.2, -0.15) is 5.10 Å². The average molecular weight is 270 g/mol. The molecular weight excluding hydrogens is 256 g/mol. The van der Waals surface area contributed by atoms with Crippen LogP contribution in [0.5, 0.6) is 5.75 Å². The van der Waals surface area contributed by atoms with Crippen LogP contribution in [0.4, 0.5) is 0 Å². The molecule has 102 valence electrons. The summed E-state index contributed by atoms with van der Waals surface area (Å²) < 4.78 is 12.4. The molecule has 0 radical (unpaired) electrons. The Balaban J connectivity index is 2.05. The third kappa shape index (κ3) is 1.97. The van der Waals surface area contributed by atoms with Crippen molar-refractivity contribution < 1.29 is 13.9 Å². The molecule has 2 aromatic heterocycles. The molecule has 0 atom stereocenters. The Hall–Kier alpha value is -2.56. The van der Waals surface area contributed by atoms with Gasteiger partial charge in [0.2, 0.25) is 5.78 Å². The lowest BCUT2D eigenvalue weighted by molar-refractivity contribution is 0.101. The van der Waals surface area contributed by atoms with Gasteiger partial charge in [0.25, 0.3) is 0 Å². The zero-order valence-corrected chi connectivity index (χ0v) is 11.5. The monoisotopic (exact) mass is 270 g/mol. The van der Waals surface area contributed by atoms with Gasteiger partial charge in [-0.15, -0.1) is 0 Å². The van der Waals surface area contributed by atoms with Crippen LogP contribution in [0.25, 0.3) is 11.0 Å². The molecule has 0 amide bonds. The van der Waals surface area contributed by atoms with E-state index in [0.29, 0.717) is 28.4 Å². The van der Waals surface area contributed by atoms with Crippen molar-refractivity contribution in [2.75, 3.05) is 7.11 Å². The summed E-state index contributed by atoms with van der Waals surface area (Å²) in [7, 11) is 3.38. The van der Waals surface area contributed by atoms with Crippen LogP contribution in [0.15, 0.2) is 34.9 Å². The third-order valence-corrected chi connectivity index (χ3v) is 3.21. The normalized spacial score (nSPS) is 10.9. The molecule has 0 saturated heterocycles. The SMILES string of the molecule is COc1ccc2cc(C(=O)c3cn(C)nc3C)oc2c1. The van der Waals surface area contributed by atoms with Crippen LogP contribution in [-0.2, 0) is 7.05 Å². The molecule has 0 unspecified atom stereocenters. The predicted octanol–water partition coefficient (Wildman–Crippen LogP) is 2.71. The molecule has 5 nitrogen and oxygen atoms in total. The Kier molecular flexibility index (Phi) is 2.82. The van der Waals surface area contributed by atoms with Crippen molar-refractivity contribution in [1.29, 1.82) is 0 Å². The minimum Gasteiger partial charge on any atom is -0.497 e. The summed E-state index contributed by atoms with van der Waals surface area (Å²) in [5.41, 5.74) is 1.88. The first-order chi connectivity index (χ1) is 9.58. The molecule has 0 spiro atoms. The first-order valence-electron chi connectivity index (χ1n) is 6.21. The van der Waals surface area contributed by atoms with E-state index in [-0.39, 0.29) is 5.78 Å². The average Bonchev–Trinajstić information content (AvgIpc) is 3.00. The number of aryl methyl sites for hydroxylation is 2. The van der Waals surface area contributed by atoms with E-state index in [2.05, 4.69) is 5.10 Å². The Bertz CT molecular complexity index is 799. The zero-order chi connectivity index (χ0) is 14.3. The number of hydrogen-bond donors (Lipinski definition) is 0. The summed E-state index contributed by atoms with van der Waals surface area (Å²) in [4.78, 5) is 12.4. The summed E-state index contributed by atoms with van der Waals surface area (Å²) in [6, 6.07) is 7.21. The van der Waals surface area contributed by atoms with Crippen molar-refractivity contribution in [2.24, 2.45) is 7.05 Å². The van der Waals surface area contributed by atoms with Crippen LogP contribution in [0.3, 0.4) is 0 Å². The van der Waals surface area contributed by atoms with Gasteiger partial charge in [-0.05, 0) is 25.1 Å². The molecule has 0 aliphatic carbocycles. The molecule has 0 aliphatic rings. The number of nitrogens with zero attached hydrogens (tertiary/aromatic N) is 2. The molecule has 2 heterocycles. The summed E-state index contributed by atoms with van der Waals surface area (Å²) >= 11 is 0. The van der Waals surface area contributed by atoms with Crippen LogP contribution in [-0.4, -0.2) is 22.7 Å². The van der Waals surface area contributed by atoms with Crippen molar-refractivity contribution in [2.45, 2.75) is 6.92 Å². The smallest absolute Gasteiger partial charge is 0.231 e. The molecule has 20 heavy (non-hydrogen) atoms. The van der Waals surface area contributed by atoms with Crippen LogP contribution in [0, 0.1) is 6.92 Å². The highest BCUT2D eigenvalue weighted by molar-refractivity contribution is 6.09. The number of ketones is 1. The molecular formula is C15H14N2O3. The molecule has 1 aromatic carbocycles. The summed E-state index contributed by atoms with van der Waals surface area (Å²) in [6.45, 7) is 1.80. The number of carbonyl (C=O) groups excluding carboxylic acids is 1. The van der Waals surface area contributed by atoms with Gasteiger partial charge in [-0.1, -0.05) is 0 Å². The Morgan fingerprint density at radius 3 is 2.80 bits per heavy atom. The number of benzene rings is 1. The fourth-order valence-corrected chi connectivity index (χ4v) is 2.21. The van der Waals surface area contributed by atoms with E-state index in [9.17, 15) is 4.79 Å². The van der Waals surface area contributed by atoms with Crippen molar-refractivity contribution in [3.63, 3.8) is 0 Å². The minimum absolute atomic E-state index is 0.161. The maximum atomic E-state index is 12.4. The van der Waals surface area contributed by atoms with E-state index in [1.165, 1.54) is 0 Å². The standard InChI is InChI=1S/C15H14N2O3/c1-9-12(8-17(2)16-9)15(18)14-6-10-4-5-11(19-3)7-13(10)20-14/h4-8H,1-3H3. The third-order valence-electron chi connectivity index (χ3n) is 3.21. The molecule has 5 heteroatoms. The second-order valence-corrected chi connectivity index (χ2v) is 4.65. The predicted molar refractivity (Wildman–Crippen MR) is 74.1 cm³/mol. The zero-order valence-electron chi connectivity index (χ0n) is 11.5. The fourth-order valence-electron chi connectivity index (χ4n) is 2.21. The molecule has 3 aromatic rings. The topological polar surface area (TPSA) is 57.3 Å². The number of fused-ring (bicyclic) bond motifs is 1. The van der Waals surface area contributed by atoms with Crippen molar-refractivity contribution in [3.8, 4) is 5.75 Å². The first kappa shape index (κ1) is 12.5. The largest absolute Gasteiger partial charge is 0.497 e. The van der Waals surface area contributed by atoms with Gasteiger partial charge in [0.05, 0.1) is 18.4 Å². The second-order valence-electron chi connectivity index (χ2n) is 4.65. The van der Waals surface area contributed by atoms with Crippen LogP contribution < -0.4 is 4.74 Å². The molecule has 0 bridgehead atoms. The van der Waals surface area contributed by atoms with Gasteiger partial charge in [-0.3, -0.25) is 9.48 Å². The Morgan fingerprint density at radius 1 is 1.35 bits per heavy atom. The number of ether oxygens (including phenoxy) is 1.